The molecule has 3 aliphatic rings. The summed E-state index contributed by atoms with van der Waals surface area (Å²) in [4.78, 5) is 25.7. The van der Waals surface area contributed by atoms with Gasteiger partial charge in [0.2, 0.25) is 5.72 Å². The molecule has 4 aromatic rings. The van der Waals surface area contributed by atoms with Gasteiger partial charge in [-0.2, -0.15) is 10.2 Å². The third-order valence-corrected chi connectivity index (χ3v) is 12.4. The number of nitrogens with zero attached hydrogens (tertiary/aromatic N) is 4. The second kappa shape index (κ2) is 13.3. The summed E-state index contributed by atoms with van der Waals surface area (Å²) in [6.45, 7) is 4.92. The van der Waals surface area contributed by atoms with Gasteiger partial charge in [0.1, 0.15) is 11.5 Å². The summed E-state index contributed by atoms with van der Waals surface area (Å²) in [6, 6.07) is 27.9. The van der Waals surface area contributed by atoms with E-state index in [-0.39, 0.29) is 11.7 Å². The van der Waals surface area contributed by atoms with Crippen LogP contribution in [0.3, 0.4) is 0 Å². The largest absolute Gasteiger partial charge is 0.462 e. The highest BCUT2D eigenvalue weighted by molar-refractivity contribution is 8.77. The van der Waals surface area contributed by atoms with Crippen molar-refractivity contribution in [1.82, 2.24) is 0 Å². The Labute approximate surface area is 287 Å². The molecular weight excluding hydrogens is 645 g/mol. The maximum Gasteiger partial charge on any atom is 0.311 e. The molecule has 0 saturated carbocycles. The molecule has 7 rings (SSSR count). The van der Waals surface area contributed by atoms with Crippen LogP contribution < -0.4 is 14.4 Å². The molecule has 246 valence electrons. The van der Waals surface area contributed by atoms with Crippen molar-refractivity contribution in [1.29, 1.82) is 0 Å². The van der Waals surface area contributed by atoms with Crippen LogP contribution in [-0.4, -0.2) is 21.9 Å². The first kappa shape index (κ1) is 32.2. The minimum absolute atomic E-state index is 0.00402. The topological polar surface area (TPSA) is 107 Å². The zero-order valence-corrected chi connectivity index (χ0v) is 28.5. The highest BCUT2D eigenvalue weighted by Crippen LogP contribution is 2.60. The number of ether oxygens (including phenoxy) is 2. The molecule has 0 amide bonds. The second-order valence-corrected chi connectivity index (χ2v) is 15.6. The summed E-state index contributed by atoms with van der Waals surface area (Å²) in [5.74, 6) is 2.33. The van der Waals surface area contributed by atoms with Crippen LogP contribution in [0, 0.1) is 10.1 Å². The maximum atomic E-state index is 12.9. The van der Waals surface area contributed by atoms with Gasteiger partial charge in [0.05, 0.1) is 28.3 Å². The average molecular weight is 681 g/mol. The minimum atomic E-state index is -0.857. The van der Waals surface area contributed by atoms with Gasteiger partial charge in [0.15, 0.2) is 0 Å². The number of hydrogen-bond donors (Lipinski definition) is 0. The van der Waals surface area contributed by atoms with Crippen LogP contribution in [-0.2, 0) is 22.5 Å². The molecule has 0 bridgehead atoms. The summed E-state index contributed by atoms with van der Waals surface area (Å²) in [5.41, 5.74) is 3.81. The van der Waals surface area contributed by atoms with Crippen molar-refractivity contribution >= 4 is 50.3 Å². The van der Waals surface area contributed by atoms with Crippen LogP contribution in [0.2, 0.25) is 0 Å². The molecule has 0 aliphatic carbocycles. The molecule has 1 fully saturated rings. The highest BCUT2D eigenvalue weighted by Gasteiger charge is 2.62. The normalized spacial score (nSPS) is 20.5. The lowest BCUT2D eigenvalue weighted by molar-refractivity contribution is -0.384. The number of azo groups is 1. The molecule has 3 heterocycles. The molecule has 9 nitrogen and oxygen atoms in total. The summed E-state index contributed by atoms with van der Waals surface area (Å²) in [5, 5.41) is 20.4. The van der Waals surface area contributed by atoms with Gasteiger partial charge in [-0.15, -0.1) is 0 Å². The lowest BCUT2D eigenvalue weighted by Gasteiger charge is -2.50. The van der Waals surface area contributed by atoms with Crippen LogP contribution in [0.1, 0.15) is 62.6 Å². The third kappa shape index (κ3) is 6.05. The minimum Gasteiger partial charge on any atom is -0.462 e. The number of fused-ring (bicyclic) bond motifs is 4. The van der Waals surface area contributed by atoms with E-state index in [4.69, 9.17) is 9.47 Å². The number of carbonyl (C=O) groups is 1. The zero-order chi connectivity index (χ0) is 33.3. The third-order valence-electron chi connectivity index (χ3n) is 9.41. The maximum absolute atomic E-state index is 12.9. The number of benzene rings is 4. The Morgan fingerprint density at radius 3 is 2.52 bits per heavy atom. The zero-order valence-electron chi connectivity index (χ0n) is 26.8. The van der Waals surface area contributed by atoms with E-state index in [1.165, 1.54) is 24.3 Å². The number of esters is 1. The van der Waals surface area contributed by atoms with Crippen molar-refractivity contribution in [3.05, 3.63) is 118 Å². The van der Waals surface area contributed by atoms with E-state index in [9.17, 15) is 14.9 Å². The molecule has 2 unspecified atom stereocenters. The van der Waals surface area contributed by atoms with E-state index < -0.39 is 16.1 Å². The van der Waals surface area contributed by atoms with Crippen LogP contribution >= 0.6 is 21.6 Å². The molecule has 48 heavy (non-hydrogen) atoms. The molecule has 1 saturated heterocycles. The molecule has 4 aromatic carbocycles. The van der Waals surface area contributed by atoms with Gasteiger partial charge in [-0.3, -0.25) is 14.9 Å². The van der Waals surface area contributed by atoms with Gasteiger partial charge in [0, 0.05) is 46.4 Å². The van der Waals surface area contributed by atoms with Crippen LogP contribution in [0.4, 0.5) is 22.7 Å². The predicted octanol–water partition coefficient (Wildman–Crippen LogP) is 10.2. The Balaban J connectivity index is 1.14. The Bertz CT molecular complexity index is 1860. The quantitative estimate of drug-likeness (QED) is 0.0310. The summed E-state index contributed by atoms with van der Waals surface area (Å²) in [7, 11) is 3.93. The predicted molar refractivity (Wildman–Crippen MR) is 191 cm³/mol. The van der Waals surface area contributed by atoms with E-state index in [1.807, 2.05) is 76.2 Å². The number of unbranched alkanes of at least 4 members (excludes halogenated alkanes) is 1. The molecule has 2 atom stereocenters. The van der Waals surface area contributed by atoms with Crippen molar-refractivity contribution in [2.45, 2.75) is 68.9 Å². The number of nitro groups is 1. The smallest absolute Gasteiger partial charge is 0.311 e. The van der Waals surface area contributed by atoms with Crippen molar-refractivity contribution in [3.8, 4) is 11.5 Å². The van der Waals surface area contributed by atoms with Crippen molar-refractivity contribution in [2.75, 3.05) is 10.7 Å². The lowest BCUT2D eigenvalue weighted by atomic mass is 9.73. The van der Waals surface area contributed by atoms with Crippen LogP contribution in [0.15, 0.2) is 101 Å². The average Bonchev–Trinajstić information content (AvgIpc) is 3.68. The molecule has 0 radical (unpaired) electrons. The van der Waals surface area contributed by atoms with Crippen molar-refractivity contribution in [2.24, 2.45) is 10.2 Å². The summed E-state index contributed by atoms with van der Waals surface area (Å²) in [6.07, 6.45) is 4.70. The van der Waals surface area contributed by atoms with E-state index in [2.05, 4.69) is 41.1 Å². The summed E-state index contributed by atoms with van der Waals surface area (Å²) < 4.78 is 13.0. The van der Waals surface area contributed by atoms with Gasteiger partial charge >= 0.3 is 5.97 Å². The van der Waals surface area contributed by atoms with Crippen LogP contribution in [0.5, 0.6) is 11.5 Å². The fraction of sp³-hybridized carbons (Fsp3) is 0.324. The fourth-order valence-electron chi connectivity index (χ4n) is 6.95. The second-order valence-electron chi connectivity index (χ2n) is 12.8. The number of nitro benzene ring substituents is 1. The van der Waals surface area contributed by atoms with Gasteiger partial charge < -0.3 is 14.4 Å². The van der Waals surface area contributed by atoms with E-state index in [0.717, 1.165) is 47.4 Å². The van der Waals surface area contributed by atoms with Crippen LogP contribution in [0.25, 0.3) is 0 Å². The highest BCUT2D eigenvalue weighted by atomic mass is 33.1. The SMILES string of the molecule is CC1(C)c2cc(OC(=O)CCCCC3CCSS3)ccc2N2Cc3cc(N=Nc4ccc([N+](=O)[O-])cc4)ccc3OC21c1ccccc1. The molecule has 0 spiro atoms. The first-order valence-electron chi connectivity index (χ1n) is 16.2. The number of carbonyl (C=O) groups excluding carboxylic acids is 1. The van der Waals surface area contributed by atoms with E-state index in [0.29, 0.717) is 35.3 Å². The number of rotatable bonds is 10. The fourth-order valence-corrected chi connectivity index (χ4v) is 9.98. The number of anilines is 1. The van der Waals surface area contributed by atoms with Gasteiger partial charge in [-0.25, -0.2) is 0 Å². The molecule has 3 aliphatic heterocycles. The molecule has 0 aromatic heterocycles. The van der Waals surface area contributed by atoms with Gasteiger partial charge in [-0.1, -0.05) is 58.3 Å². The Morgan fingerprint density at radius 1 is 1.00 bits per heavy atom. The monoisotopic (exact) mass is 680 g/mol. The Kier molecular flexibility index (Phi) is 8.91. The Hall–Kier alpha value is -4.35. The molecule has 0 N–H and O–H groups in total. The van der Waals surface area contributed by atoms with Gasteiger partial charge in [0.25, 0.3) is 5.69 Å². The number of non-ortho nitro benzene ring substituents is 1. The van der Waals surface area contributed by atoms with E-state index >= 15 is 0 Å². The van der Waals surface area contributed by atoms with E-state index in [1.54, 1.807) is 12.1 Å². The Morgan fingerprint density at radius 2 is 1.77 bits per heavy atom. The lowest BCUT2D eigenvalue weighted by Crippen LogP contribution is -2.58. The van der Waals surface area contributed by atoms with Gasteiger partial charge in [-0.05, 0) is 87.2 Å². The number of hydrogen-bond acceptors (Lipinski definition) is 10. The summed E-state index contributed by atoms with van der Waals surface area (Å²) >= 11 is 0. The van der Waals surface area contributed by atoms with Crippen molar-refractivity contribution < 1.29 is 19.2 Å². The standard InChI is InChI=1S/C37H36N4O5S2/c1-36(2)32-23-30(45-35(42)11-7-6-10-31-20-21-47-48-31)17-18-33(32)40-24-25-22-28(39-38-27-12-15-29(16-13-27)41(43)44)14-19-34(25)46-37(36,40)26-8-4-3-5-9-26/h3-5,8-9,12-19,22-23,31H,6-7,10-11,20-21,24H2,1-2H3. The van der Waals surface area contributed by atoms with Crippen molar-refractivity contribution in [3.63, 3.8) is 0 Å². The molecule has 11 heteroatoms. The first-order chi connectivity index (χ1) is 23.2. The first-order valence-corrected chi connectivity index (χ1v) is 18.6. The molecular formula is C37H36N4O5S2.